The van der Waals surface area contributed by atoms with Gasteiger partial charge in [0.2, 0.25) is 0 Å². The number of carbonyl (C=O) groups excluding carboxylic acids is 2. The Morgan fingerprint density at radius 3 is 2.46 bits per heavy atom. The molecular formula is C26H30BrF3N6O5. The lowest BCUT2D eigenvalue weighted by Gasteiger charge is -2.41. The number of hydrogen-bond acceptors (Lipinski definition) is 8. The van der Waals surface area contributed by atoms with E-state index in [0.29, 0.717) is 30.6 Å². The van der Waals surface area contributed by atoms with Crippen molar-refractivity contribution >= 4 is 44.8 Å². The first-order valence-electron chi connectivity index (χ1n) is 13.0. The number of methoxy groups -OCH3 is 1. The Balaban J connectivity index is 1.58. The Labute approximate surface area is 242 Å². The van der Waals surface area contributed by atoms with Crippen molar-refractivity contribution in [3.8, 4) is 0 Å². The van der Waals surface area contributed by atoms with Gasteiger partial charge in [0.1, 0.15) is 5.69 Å². The quantitative estimate of drug-likeness (QED) is 0.329. The molecule has 2 aliphatic heterocycles. The Kier molecular flexibility index (Phi) is 9.07. The van der Waals surface area contributed by atoms with Crippen LogP contribution in [0, 0.1) is 10.1 Å². The van der Waals surface area contributed by atoms with Crippen molar-refractivity contribution in [3.63, 3.8) is 0 Å². The highest BCUT2D eigenvalue weighted by Crippen LogP contribution is 2.42. The molecule has 2 aliphatic rings. The molecule has 2 N–H and O–H groups in total. The number of piperidine rings is 2. The minimum atomic E-state index is -4.60. The zero-order valence-corrected chi connectivity index (χ0v) is 24.0. The number of ether oxygens (including phenoxy) is 1. The summed E-state index contributed by atoms with van der Waals surface area (Å²) in [4.78, 5) is 45.1. The van der Waals surface area contributed by atoms with Crippen molar-refractivity contribution < 1.29 is 32.4 Å². The number of nitro groups is 1. The second-order valence-electron chi connectivity index (χ2n) is 10.0. The van der Waals surface area contributed by atoms with Crippen LogP contribution in [0.2, 0.25) is 0 Å². The number of nitrogens with zero attached hydrogens (tertiary/aromatic N) is 4. The number of nitrogens with one attached hydrogen (secondary N) is 2. The SMILES string of the molecule is CNc1cncc(C(=O)N2CCC[C@@H](Nc3c(C(=O)N4CCC(OC)(C(F)(F)F)CC4)cc(Br)cc3[N+](=O)[O-])C2)c1. The topological polar surface area (TPSA) is 130 Å². The minimum absolute atomic E-state index is 0.0410. The van der Waals surface area contributed by atoms with Gasteiger partial charge in [-0.2, -0.15) is 13.2 Å². The van der Waals surface area contributed by atoms with Crippen molar-refractivity contribution in [3.05, 3.63) is 56.3 Å². The number of aromatic nitrogens is 1. The highest BCUT2D eigenvalue weighted by molar-refractivity contribution is 9.10. The molecule has 2 fully saturated rings. The summed E-state index contributed by atoms with van der Waals surface area (Å²) in [7, 11) is 2.71. The largest absolute Gasteiger partial charge is 0.417 e. The van der Waals surface area contributed by atoms with Gasteiger partial charge in [0.05, 0.1) is 21.7 Å². The summed E-state index contributed by atoms with van der Waals surface area (Å²) in [6, 6.07) is 3.93. The third-order valence-electron chi connectivity index (χ3n) is 7.61. The number of nitro benzene ring substituents is 1. The van der Waals surface area contributed by atoms with Gasteiger partial charge in [-0.05, 0) is 25.0 Å². The van der Waals surface area contributed by atoms with E-state index in [1.807, 2.05) is 0 Å². The molecular weight excluding hydrogens is 613 g/mol. The molecule has 4 rings (SSSR count). The standard InChI is InChI=1S/C26H30BrF3N6O5/c1-31-19-10-16(13-32-14-19)23(37)35-7-3-4-18(15-35)33-22-20(11-17(27)12-21(22)36(39)40)24(38)34-8-5-25(41-2,6-9-34)26(28,29)30/h10-14,18,31,33H,3-9,15H2,1-2H3/t18-/m1/s1. The first-order valence-corrected chi connectivity index (χ1v) is 13.8. The number of halogens is 4. The van der Waals surface area contributed by atoms with E-state index in [2.05, 4.69) is 31.5 Å². The third-order valence-corrected chi connectivity index (χ3v) is 8.06. The fourth-order valence-corrected chi connectivity index (χ4v) is 5.71. The fourth-order valence-electron chi connectivity index (χ4n) is 5.26. The van der Waals surface area contributed by atoms with E-state index in [-0.39, 0.29) is 47.0 Å². The van der Waals surface area contributed by atoms with Gasteiger partial charge in [0.25, 0.3) is 17.5 Å². The molecule has 41 heavy (non-hydrogen) atoms. The lowest BCUT2D eigenvalue weighted by molar-refractivity contribution is -0.384. The van der Waals surface area contributed by atoms with Crippen molar-refractivity contribution in [1.82, 2.24) is 14.8 Å². The van der Waals surface area contributed by atoms with Crippen LogP contribution in [0.15, 0.2) is 35.1 Å². The molecule has 222 valence electrons. The van der Waals surface area contributed by atoms with E-state index in [4.69, 9.17) is 4.74 Å². The summed E-state index contributed by atoms with van der Waals surface area (Å²) in [6.45, 7) is 0.215. The van der Waals surface area contributed by atoms with Crippen LogP contribution >= 0.6 is 15.9 Å². The number of carbonyl (C=O) groups is 2. The van der Waals surface area contributed by atoms with Gasteiger partial charge in [0, 0.05) is 82.2 Å². The molecule has 0 radical (unpaired) electrons. The fraction of sp³-hybridized carbons (Fsp3) is 0.500. The predicted octanol–water partition coefficient (Wildman–Crippen LogP) is 4.69. The highest BCUT2D eigenvalue weighted by atomic mass is 79.9. The zero-order chi connectivity index (χ0) is 29.9. The molecule has 3 heterocycles. The van der Waals surface area contributed by atoms with Gasteiger partial charge in [0.15, 0.2) is 5.60 Å². The van der Waals surface area contributed by atoms with Crippen LogP contribution < -0.4 is 10.6 Å². The zero-order valence-electron chi connectivity index (χ0n) is 22.5. The highest BCUT2D eigenvalue weighted by Gasteiger charge is 2.56. The van der Waals surface area contributed by atoms with Crippen LogP contribution in [-0.4, -0.2) is 89.7 Å². The van der Waals surface area contributed by atoms with Crippen LogP contribution in [-0.2, 0) is 4.74 Å². The lowest BCUT2D eigenvalue weighted by Crippen LogP contribution is -2.55. The summed E-state index contributed by atoms with van der Waals surface area (Å²) >= 11 is 3.22. The normalized spacial score (nSPS) is 19.0. The average molecular weight is 643 g/mol. The Morgan fingerprint density at radius 2 is 1.85 bits per heavy atom. The number of alkyl halides is 3. The monoisotopic (exact) mass is 642 g/mol. The summed E-state index contributed by atoms with van der Waals surface area (Å²) < 4.78 is 46.0. The summed E-state index contributed by atoms with van der Waals surface area (Å²) in [6.07, 6.45) is -1.28. The van der Waals surface area contributed by atoms with Crippen LogP contribution in [0.1, 0.15) is 46.4 Å². The molecule has 1 atom stereocenters. The first kappa shape index (κ1) is 30.5. The van der Waals surface area contributed by atoms with Crippen LogP contribution in [0.25, 0.3) is 0 Å². The molecule has 0 bridgehead atoms. The van der Waals surface area contributed by atoms with E-state index in [0.717, 1.165) is 7.11 Å². The van der Waals surface area contributed by atoms with Gasteiger partial charge < -0.3 is 25.2 Å². The molecule has 2 saturated heterocycles. The van der Waals surface area contributed by atoms with E-state index in [1.165, 1.54) is 23.2 Å². The van der Waals surface area contributed by atoms with Gasteiger partial charge in [-0.15, -0.1) is 0 Å². The Bertz CT molecular complexity index is 1320. The second-order valence-corrected chi connectivity index (χ2v) is 11.0. The van der Waals surface area contributed by atoms with Gasteiger partial charge >= 0.3 is 6.18 Å². The summed E-state index contributed by atoms with van der Waals surface area (Å²) in [5.74, 6) is -0.884. The first-order chi connectivity index (χ1) is 19.4. The van der Waals surface area contributed by atoms with Crippen molar-refractivity contribution in [2.45, 2.75) is 43.5 Å². The van der Waals surface area contributed by atoms with Crippen molar-refractivity contribution in [2.75, 3.05) is 51.0 Å². The summed E-state index contributed by atoms with van der Waals surface area (Å²) in [5.41, 5.74) is -1.74. The summed E-state index contributed by atoms with van der Waals surface area (Å²) in [5, 5.41) is 18.1. The Morgan fingerprint density at radius 1 is 1.15 bits per heavy atom. The average Bonchev–Trinajstić information content (AvgIpc) is 2.96. The molecule has 2 amide bonds. The number of anilines is 2. The predicted molar refractivity (Wildman–Crippen MR) is 148 cm³/mol. The number of hydrogen-bond donors (Lipinski definition) is 2. The number of amides is 2. The Hall–Kier alpha value is -3.46. The number of rotatable bonds is 7. The van der Waals surface area contributed by atoms with E-state index in [9.17, 15) is 32.9 Å². The molecule has 0 spiro atoms. The maximum Gasteiger partial charge on any atom is 0.417 e. The minimum Gasteiger partial charge on any atom is -0.387 e. The van der Waals surface area contributed by atoms with Crippen LogP contribution in [0.5, 0.6) is 0 Å². The van der Waals surface area contributed by atoms with E-state index in [1.54, 1.807) is 24.2 Å². The van der Waals surface area contributed by atoms with Crippen LogP contribution in [0.4, 0.5) is 30.2 Å². The van der Waals surface area contributed by atoms with Gasteiger partial charge in [-0.25, -0.2) is 0 Å². The molecule has 1 aromatic carbocycles. The third kappa shape index (κ3) is 6.40. The number of benzene rings is 1. The second kappa shape index (κ2) is 12.2. The molecule has 15 heteroatoms. The molecule has 0 aliphatic carbocycles. The number of likely N-dealkylation sites (tertiary alicyclic amines) is 2. The molecule has 1 aromatic heterocycles. The van der Waals surface area contributed by atoms with Crippen molar-refractivity contribution in [1.29, 1.82) is 0 Å². The number of pyridine rings is 1. The van der Waals surface area contributed by atoms with E-state index < -0.39 is 41.5 Å². The van der Waals surface area contributed by atoms with Crippen molar-refractivity contribution in [2.24, 2.45) is 0 Å². The molecule has 0 unspecified atom stereocenters. The van der Waals surface area contributed by atoms with Gasteiger partial charge in [-0.3, -0.25) is 24.7 Å². The smallest absolute Gasteiger partial charge is 0.387 e. The molecule has 2 aromatic rings. The van der Waals surface area contributed by atoms with Crippen LogP contribution in [0.3, 0.4) is 0 Å². The molecule has 11 nitrogen and oxygen atoms in total. The van der Waals surface area contributed by atoms with E-state index >= 15 is 0 Å². The lowest BCUT2D eigenvalue weighted by atomic mass is 9.90. The van der Waals surface area contributed by atoms with Gasteiger partial charge in [-0.1, -0.05) is 15.9 Å². The maximum absolute atomic E-state index is 13.6. The maximum atomic E-state index is 13.6. The molecule has 0 saturated carbocycles.